The highest BCUT2D eigenvalue weighted by Gasteiger charge is 2.27. The summed E-state index contributed by atoms with van der Waals surface area (Å²) in [6, 6.07) is 10.4. The predicted octanol–water partition coefficient (Wildman–Crippen LogP) is 4.58. The standard InChI is InChI=1S/C20H30N2O2S/c1-20(2,3)25(23,24)17-8-6-4-5-7-10-18-11-13-19(14-12-18)22-16-9-15-21-22/h9,11-16H,4-8,10,17H2,1-3H3. The lowest BCUT2D eigenvalue weighted by molar-refractivity contribution is 0.552. The molecule has 2 rings (SSSR count). The molecule has 0 atom stereocenters. The highest BCUT2D eigenvalue weighted by Crippen LogP contribution is 2.18. The van der Waals surface area contributed by atoms with Gasteiger partial charge in [0.2, 0.25) is 0 Å². The number of hydrogen-bond donors (Lipinski definition) is 0. The van der Waals surface area contributed by atoms with E-state index in [4.69, 9.17) is 0 Å². The second kappa shape index (κ2) is 8.65. The van der Waals surface area contributed by atoms with Crippen LogP contribution in [-0.2, 0) is 16.3 Å². The van der Waals surface area contributed by atoms with Gasteiger partial charge in [-0.25, -0.2) is 13.1 Å². The van der Waals surface area contributed by atoms with Gasteiger partial charge in [0.25, 0.3) is 0 Å². The number of aromatic nitrogens is 2. The van der Waals surface area contributed by atoms with Crippen LogP contribution in [0.5, 0.6) is 0 Å². The lowest BCUT2D eigenvalue weighted by atomic mass is 10.1. The average molecular weight is 363 g/mol. The van der Waals surface area contributed by atoms with Crippen molar-refractivity contribution in [2.45, 2.75) is 64.0 Å². The number of benzene rings is 1. The van der Waals surface area contributed by atoms with Crippen LogP contribution < -0.4 is 0 Å². The fourth-order valence-corrected chi connectivity index (χ4v) is 3.89. The van der Waals surface area contributed by atoms with Crippen LogP contribution in [0, 0.1) is 0 Å². The number of sulfone groups is 1. The molecule has 1 heterocycles. The molecule has 0 spiro atoms. The summed E-state index contributed by atoms with van der Waals surface area (Å²) >= 11 is 0. The molecule has 0 saturated carbocycles. The van der Waals surface area contributed by atoms with Crippen molar-refractivity contribution in [2.24, 2.45) is 0 Å². The van der Waals surface area contributed by atoms with Gasteiger partial charge < -0.3 is 0 Å². The molecule has 4 nitrogen and oxygen atoms in total. The summed E-state index contributed by atoms with van der Waals surface area (Å²) in [5.41, 5.74) is 2.42. The molecule has 5 heteroatoms. The molecule has 138 valence electrons. The van der Waals surface area contributed by atoms with E-state index in [0.717, 1.165) is 44.2 Å². The molecular weight excluding hydrogens is 332 g/mol. The minimum absolute atomic E-state index is 0.311. The van der Waals surface area contributed by atoms with Gasteiger partial charge in [0, 0.05) is 12.4 Å². The van der Waals surface area contributed by atoms with Crippen molar-refractivity contribution >= 4 is 9.84 Å². The first-order valence-electron chi connectivity index (χ1n) is 9.11. The molecular formula is C20H30N2O2S. The van der Waals surface area contributed by atoms with Crippen molar-refractivity contribution in [3.8, 4) is 5.69 Å². The smallest absolute Gasteiger partial charge is 0.155 e. The van der Waals surface area contributed by atoms with Gasteiger partial charge in [-0.05, 0) is 63.8 Å². The summed E-state index contributed by atoms with van der Waals surface area (Å²) in [7, 11) is -2.96. The zero-order valence-corrected chi connectivity index (χ0v) is 16.4. The lowest BCUT2D eigenvalue weighted by Gasteiger charge is -2.18. The summed E-state index contributed by atoms with van der Waals surface area (Å²) in [6.45, 7) is 5.33. The van der Waals surface area contributed by atoms with Crippen LogP contribution >= 0.6 is 0 Å². The molecule has 0 fully saturated rings. The Bertz CT molecular complexity index is 727. The number of aryl methyl sites for hydroxylation is 1. The number of unbranched alkanes of at least 4 members (excludes halogenated alkanes) is 4. The second-order valence-corrected chi connectivity index (χ2v) is 10.4. The topological polar surface area (TPSA) is 52.0 Å². The van der Waals surface area contributed by atoms with E-state index in [1.54, 1.807) is 27.0 Å². The third-order valence-corrected chi connectivity index (χ3v) is 7.21. The van der Waals surface area contributed by atoms with Gasteiger partial charge in [-0.3, -0.25) is 0 Å². The summed E-state index contributed by atoms with van der Waals surface area (Å²) < 4.78 is 25.3. The molecule has 0 N–H and O–H groups in total. The van der Waals surface area contributed by atoms with Gasteiger partial charge in [0.05, 0.1) is 16.2 Å². The zero-order chi connectivity index (χ0) is 18.3. The monoisotopic (exact) mass is 362 g/mol. The summed E-state index contributed by atoms with van der Waals surface area (Å²) in [5.74, 6) is 0.311. The first-order chi connectivity index (χ1) is 11.8. The molecule has 0 saturated heterocycles. The Balaban J connectivity index is 1.62. The second-order valence-electron chi connectivity index (χ2n) is 7.57. The molecule has 0 radical (unpaired) electrons. The van der Waals surface area contributed by atoms with Crippen molar-refractivity contribution in [3.63, 3.8) is 0 Å². The summed E-state index contributed by atoms with van der Waals surface area (Å²) in [6.07, 6.45) is 9.95. The van der Waals surface area contributed by atoms with E-state index < -0.39 is 14.6 Å². The maximum atomic E-state index is 12.0. The van der Waals surface area contributed by atoms with Crippen LogP contribution in [0.1, 0.15) is 58.4 Å². The normalized spacial score (nSPS) is 12.4. The molecule has 25 heavy (non-hydrogen) atoms. The van der Waals surface area contributed by atoms with Crippen LogP contribution in [0.3, 0.4) is 0 Å². The van der Waals surface area contributed by atoms with E-state index in [-0.39, 0.29) is 0 Å². The Hall–Kier alpha value is -1.62. The highest BCUT2D eigenvalue weighted by atomic mass is 32.2. The Morgan fingerprint density at radius 2 is 1.60 bits per heavy atom. The average Bonchev–Trinajstić information content (AvgIpc) is 3.08. The van der Waals surface area contributed by atoms with Crippen LogP contribution in [0.4, 0.5) is 0 Å². The summed E-state index contributed by atoms with van der Waals surface area (Å²) in [5, 5.41) is 4.23. The maximum absolute atomic E-state index is 12.0. The van der Waals surface area contributed by atoms with Crippen LogP contribution in [0.2, 0.25) is 0 Å². The molecule has 1 aromatic heterocycles. The van der Waals surface area contributed by atoms with Crippen molar-refractivity contribution in [3.05, 3.63) is 48.3 Å². The molecule has 1 aromatic carbocycles. The molecule has 0 aliphatic carbocycles. The van der Waals surface area contributed by atoms with Gasteiger partial charge in [-0.1, -0.05) is 31.4 Å². The zero-order valence-electron chi connectivity index (χ0n) is 15.6. The molecule has 0 aliphatic heterocycles. The SMILES string of the molecule is CC(C)(C)S(=O)(=O)CCCCCCCc1ccc(-n2cccn2)cc1. The van der Waals surface area contributed by atoms with Gasteiger partial charge >= 0.3 is 0 Å². The fourth-order valence-electron chi connectivity index (χ4n) is 2.69. The van der Waals surface area contributed by atoms with Gasteiger partial charge in [0.15, 0.2) is 9.84 Å². The molecule has 0 bridgehead atoms. The number of rotatable bonds is 9. The van der Waals surface area contributed by atoms with Crippen LogP contribution in [0.25, 0.3) is 5.69 Å². The van der Waals surface area contributed by atoms with Gasteiger partial charge in [0.1, 0.15) is 0 Å². The summed E-state index contributed by atoms with van der Waals surface area (Å²) in [4.78, 5) is 0. The van der Waals surface area contributed by atoms with Gasteiger partial charge in [-0.2, -0.15) is 5.10 Å². The van der Waals surface area contributed by atoms with E-state index in [9.17, 15) is 8.42 Å². The fraction of sp³-hybridized carbons (Fsp3) is 0.550. The number of hydrogen-bond acceptors (Lipinski definition) is 3. The minimum Gasteiger partial charge on any atom is -0.241 e. The Morgan fingerprint density at radius 3 is 2.20 bits per heavy atom. The third kappa shape index (κ3) is 5.99. The van der Waals surface area contributed by atoms with Crippen molar-refractivity contribution in [2.75, 3.05) is 5.75 Å². The highest BCUT2D eigenvalue weighted by molar-refractivity contribution is 7.92. The van der Waals surface area contributed by atoms with Gasteiger partial charge in [-0.15, -0.1) is 0 Å². The Morgan fingerprint density at radius 1 is 0.960 bits per heavy atom. The van der Waals surface area contributed by atoms with Crippen LogP contribution in [0.15, 0.2) is 42.7 Å². The quantitative estimate of drug-likeness (QED) is 0.614. The van der Waals surface area contributed by atoms with E-state index in [1.165, 1.54) is 5.56 Å². The molecule has 0 unspecified atom stereocenters. The van der Waals surface area contributed by atoms with Crippen molar-refractivity contribution in [1.82, 2.24) is 9.78 Å². The maximum Gasteiger partial charge on any atom is 0.155 e. The number of nitrogens with zero attached hydrogens (tertiary/aromatic N) is 2. The third-order valence-electron chi connectivity index (χ3n) is 4.52. The lowest BCUT2D eigenvalue weighted by Crippen LogP contribution is -2.30. The van der Waals surface area contributed by atoms with Crippen LogP contribution in [-0.4, -0.2) is 28.7 Å². The molecule has 0 aliphatic rings. The largest absolute Gasteiger partial charge is 0.241 e. The van der Waals surface area contributed by atoms with Crippen molar-refractivity contribution < 1.29 is 8.42 Å². The van der Waals surface area contributed by atoms with Crippen molar-refractivity contribution in [1.29, 1.82) is 0 Å². The first-order valence-corrected chi connectivity index (χ1v) is 10.8. The Labute approximate surface area is 152 Å². The van der Waals surface area contributed by atoms with E-state index in [2.05, 4.69) is 29.4 Å². The van der Waals surface area contributed by atoms with E-state index in [0.29, 0.717) is 5.75 Å². The Kier molecular flexibility index (Phi) is 6.82. The predicted molar refractivity (Wildman–Crippen MR) is 104 cm³/mol. The molecule has 0 amide bonds. The van der Waals surface area contributed by atoms with E-state index in [1.807, 2.05) is 16.9 Å². The van der Waals surface area contributed by atoms with E-state index >= 15 is 0 Å². The minimum atomic E-state index is -2.96. The first kappa shape index (κ1) is 19.7. The molecule has 2 aromatic rings.